The summed E-state index contributed by atoms with van der Waals surface area (Å²) >= 11 is 0. The van der Waals surface area contributed by atoms with Crippen LogP contribution in [-0.4, -0.2) is 44.6 Å². The molecule has 0 aromatic carbocycles. The Labute approximate surface area is 123 Å². The number of aromatic nitrogens is 2. The van der Waals surface area contributed by atoms with Crippen molar-refractivity contribution in [2.45, 2.75) is 39.3 Å². The number of rotatable bonds is 3. The number of nitrogens with one attached hydrogen (secondary N) is 1. The molecule has 2 unspecified atom stereocenters. The molecular formula is C14H20N4O3. The zero-order valence-electron chi connectivity index (χ0n) is 12.2. The average Bonchev–Trinajstić information content (AvgIpc) is 2.44. The molecule has 1 aromatic heterocycles. The maximum absolute atomic E-state index is 12.2. The lowest BCUT2D eigenvalue weighted by Gasteiger charge is -2.35. The van der Waals surface area contributed by atoms with Crippen LogP contribution in [0.4, 0.5) is 4.79 Å². The molecule has 2 atom stereocenters. The van der Waals surface area contributed by atoms with Crippen LogP contribution in [0.1, 0.15) is 31.3 Å². The van der Waals surface area contributed by atoms with Gasteiger partial charge >= 0.3 is 12.0 Å². The van der Waals surface area contributed by atoms with Gasteiger partial charge in [0, 0.05) is 12.7 Å². The number of nitrogens with zero attached hydrogens (tertiary/aromatic N) is 3. The summed E-state index contributed by atoms with van der Waals surface area (Å²) in [4.78, 5) is 33.1. The van der Waals surface area contributed by atoms with Crippen LogP contribution in [0.3, 0.4) is 0 Å². The van der Waals surface area contributed by atoms with E-state index < -0.39 is 12.0 Å². The van der Waals surface area contributed by atoms with E-state index in [9.17, 15) is 14.7 Å². The molecule has 114 valence electrons. The van der Waals surface area contributed by atoms with E-state index in [2.05, 4.69) is 15.3 Å². The van der Waals surface area contributed by atoms with Crippen LogP contribution in [0.2, 0.25) is 0 Å². The zero-order chi connectivity index (χ0) is 15.4. The van der Waals surface area contributed by atoms with Crippen molar-refractivity contribution in [2.24, 2.45) is 5.92 Å². The number of likely N-dealkylation sites (tertiary alicyclic amines) is 1. The first-order valence-corrected chi connectivity index (χ1v) is 7.03. The third-order valence-corrected chi connectivity index (χ3v) is 3.67. The number of aryl methyl sites for hydroxylation is 1. The van der Waals surface area contributed by atoms with Crippen LogP contribution in [0.5, 0.6) is 0 Å². The van der Waals surface area contributed by atoms with Crippen molar-refractivity contribution in [2.75, 3.05) is 6.54 Å². The number of urea groups is 1. The number of carbonyl (C=O) groups is 2. The normalized spacial score (nSPS) is 21.9. The van der Waals surface area contributed by atoms with Crippen molar-refractivity contribution in [3.63, 3.8) is 0 Å². The second-order valence-corrected chi connectivity index (χ2v) is 5.43. The second-order valence-electron chi connectivity index (χ2n) is 5.43. The molecule has 7 heteroatoms. The maximum Gasteiger partial charge on any atom is 0.326 e. The molecular weight excluding hydrogens is 272 g/mol. The van der Waals surface area contributed by atoms with Crippen LogP contribution in [0.25, 0.3) is 0 Å². The molecule has 21 heavy (non-hydrogen) atoms. The Morgan fingerprint density at radius 3 is 2.95 bits per heavy atom. The van der Waals surface area contributed by atoms with Crippen molar-refractivity contribution in [3.8, 4) is 0 Å². The predicted molar refractivity (Wildman–Crippen MR) is 75.5 cm³/mol. The molecule has 0 saturated carbocycles. The molecule has 2 heterocycles. The number of piperidine rings is 1. The fourth-order valence-electron chi connectivity index (χ4n) is 2.49. The highest BCUT2D eigenvalue weighted by Crippen LogP contribution is 2.22. The zero-order valence-corrected chi connectivity index (χ0v) is 12.2. The van der Waals surface area contributed by atoms with Crippen LogP contribution in [0.15, 0.2) is 12.3 Å². The minimum Gasteiger partial charge on any atom is -0.480 e. The third kappa shape index (κ3) is 3.90. The number of carbonyl (C=O) groups excluding carboxylic acids is 1. The Morgan fingerprint density at radius 2 is 2.29 bits per heavy atom. The number of carboxylic acid groups (broad SMARTS) is 1. The highest BCUT2D eigenvalue weighted by Gasteiger charge is 2.34. The Kier molecular flexibility index (Phi) is 4.72. The molecule has 1 aliphatic heterocycles. The van der Waals surface area contributed by atoms with Gasteiger partial charge in [0.05, 0.1) is 12.2 Å². The average molecular weight is 292 g/mol. The molecule has 0 aliphatic carbocycles. The van der Waals surface area contributed by atoms with Gasteiger partial charge in [-0.15, -0.1) is 0 Å². The van der Waals surface area contributed by atoms with Gasteiger partial charge in [-0.2, -0.15) is 0 Å². The lowest BCUT2D eigenvalue weighted by atomic mass is 9.93. The molecule has 0 spiro atoms. The lowest BCUT2D eigenvalue weighted by Crippen LogP contribution is -2.53. The second kappa shape index (κ2) is 6.51. The van der Waals surface area contributed by atoms with Crippen LogP contribution in [-0.2, 0) is 11.3 Å². The molecule has 7 nitrogen and oxygen atoms in total. The Morgan fingerprint density at radius 1 is 1.52 bits per heavy atom. The van der Waals surface area contributed by atoms with Gasteiger partial charge in [-0.3, -0.25) is 0 Å². The van der Waals surface area contributed by atoms with Crippen molar-refractivity contribution in [3.05, 3.63) is 23.8 Å². The minimum absolute atomic E-state index is 0.264. The quantitative estimate of drug-likeness (QED) is 0.872. The van der Waals surface area contributed by atoms with Gasteiger partial charge in [0.25, 0.3) is 0 Å². The minimum atomic E-state index is -0.949. The van der Waals surface area contributed by atoms with E-state index >= 15 is 0 Å². The monoisotopic (exact) mass is 292 g/mol. The summed E-state index contributed by atoms with van der Waals surface area (Å²) < 4.78 is 0. The highest BCUT2D eigenvalue weighted by atomic mass is 16.4. The topological polar surface area (TPSA) is 95.4 Å². The number of amides is 2. The SMILES string of the molecule is Cc1nccc(CNC(=O)N2CCC(C)CC2C(=O)O)n1. The lowest BCUT2D eigenvalue weighted by molar-refractivity contribution is -0.143. The molecule has 1 aromatic rings. The van der Waals surface area contributed by atoms with E-state index in [1.807, 2.05) is 6.92 Å². The molecule has 2 amide bonds. The van der Waals surface area contributed by atoms with Gasteiger partial charge in [-0.25, -0.2) is 19.6 Å². The van der Waals surface area contributed by atoms with Gasteiger partial charge in [0.1, 0.15) is 11.9 Å². The first-order chi connectivity index (χ1) is 9.97. The van der Waals surface area contributed by atoms with Gasteiger partial charge in [-0.1, -0.05) is 6.92 Å². The molecule has 0 radical (unpaired) electrons. The largest absolute Gasteiger partial charge is 0.480 e. The van der Waals surface area contributed by atoms with E-state index in [1.54, 1.807) is 19.2 Å². The first-order valence-electron chi connectivity index (χ1n) is 7.03. The third-order valence-electron chi connectivity index (χ3n) is 3.67. The molecule has 2 rings (SSSR count). The van der Waals surface area contributed by atoms with Crippen LogP contribution < -0.4 is 5.32 Å². The Hall–Kier alpha value is -2.18. The fourth-order valence-corrected chi connectivity index (χ4v) is 2.49. The van der Waals surface area contributed by atoms with Gasteiger partial charge in [0.15, 0.2) is 0 Å². The standard InChI is InChI=1S/C14H20N4O3/c1-9-4-6-18(12(7-9)13(19)20)14(21)16-8-11-3-5-15-10(2)17-11/h3,5,9,12H,4,6-8H2,1-2H3,(H,16,21)(H,19,20). The van der Waals surface area contributed by atoms with E-state index in [1.165, 1.54) is 4.90 Å². The van der Waals surface area contributed by atoms with E-state index in [-0.39, 0.29) is 12.6 Å². The first kappa shape index (κ1) is 15.2. The van der Waals surface area contributed by atoms with Gasteiger partial charge in [-0.05, 0) is 31.7 Å². The molecule has 1 fully saturated rings. The molecule has 1 aliphatic rings. The summed E-state index contributed by atoms with van der Waals surface area (Å²) in [5, 5.41) is 12.0. The van der Waals surface area contributed by atoms with E-state index in [0.717, 1.165) is 6.42 Å². The molecule has 0 bridgehead atoms. The summed E-state index contributed by atoms with van der Waals surface area (Å²) in [6.45, 7) is 4.51. The van der Waals surface area contributed by atoms with E-state index in [0.29, 0.717) is 30.4 Å². The predicted octanol–water partition coefficient (Wildman–Crippen LogP) is 1.18. The van der Waals surface area contributed by atoms with E-state index in [4.69, 9.17) is 0 Å². The summed E-state index contributed by atoms with van der Waals surface area (Å²) in [6, 6.07) is 0.617. The fraction of sp³-hybridized carbons (Fsp3) is 0.571. The number of hydrogen-bond donors (Lipinski definition) is 2. The Balaban J connectivity index is 1.97. The van der Waals surface area contributed by atoms with Gasteiger partial charge < -0.3 is 15.3 Å². The maximum atomic E-state index is 12.2. The summed E-state index contributed by atoms with van der Waals surface area (Å²) in [6.07, 6.45) is 2.95. The van der Waals surface area contributed by atoms with Crippen molar-refractivity contribution < 1.29 is 14.7 Å². The summed E-state index contributed by atoms with van der Waals surface area (Å²) in [5.41, 5.74) is 0.702. The highest BCUT2D eigenvalue weighted by molar-refractivity contribution is 5.82. The molecule has 1 saturated heterocycles. The van der Waals surface area contributed by atoms with Crippen LogP contribution >= 0.6 is 0 Å². The Bertz CT molecular complexity index is 535. The van der Waals surface area contributed by atoms with Crippen molar-refractivity contribution in [1.82, 2.24) is 20.2 Å². The summed E-state index contributed by atoms with van der Waals surface area (Å²) in [7, 11) is 0. The van der Waals surface area contributed by atoms with Crippen molar-refractivity contribution in [1.29, 1.82) is 0 Å². The summed E-state index contributed by atoms with van der Waals surface area (Å²) in [5.74, 6) is 0.00574. The number of carboxylic acids is 1. The number of hydrogen-bond acceptors (Lipinski definition) is 4. The van der Waals surface area contributed by atoms with Crippen LogP contribution in [0, 0.1) is 12.8 Å². The smallest absolute Gasteiger partial charge is 0.326 e. The number of aliphatic carboxylic acids is 1. The van der Waals surface area contributed by atoms with Crippen molar-refractivity contribution >= 4 is 12.0 Å². The molecule has 2 N–H and O–H groups in total. The van der Waals surface area contributed by atoms with Gasteiger partial charge in [0.2, 0.25) is 0 Å².